The van der Waals surface area contributed by atoms with E-state index < -0.39 is 23.7 Å². The van der Waals surface area contributed by atoms with Crippen LogP contribution >= 0.6 is 0 Å². The summed E-state index contributed by atoms with van der Waals surface area (Å²) in [7, 11) is 0. The minimum absolute atomic E-state index is 0.0373. The van der Waals surface area contributed by atoms with Crippen LogP contribution in [-0.4, -0.2) is 15.2 Å². The first-order valence-electron chi connectivity index (χ1n) is 14.0. The SMILES string of the molecule is CC(C)(C)c1ccc(N(c2ccc(C(C)(C)C)cc2)c2cc(-c3cc(C(F)(F)F)n[n-]3)nc(-c3cc(C(F)(F)F)n[n-]3)c2)cc1. The highest BCUT2D eigenvalue weighted by Crippen LogP contribution is 2.40. The number of aromatic nitrogens is 5. The Labute approximate surface area is 256 Å². The number of pyridine rings is 1. The number of alkyl halides is 6. The lowest BCUT2D eigenvalue weighted by Gasteiger charge is -2.29. The van der Waals surface area contributed by atoms with E-state index in [-0.39, 0.29) is 33.6 Å². The van der Waals surface area contributed by atoms with E-state index in [0.717, 1.165) is 23.3 Å². The minimum Gasteiger partial charge on any atom is -0.573 e. The van der Waals surface area contributed by atoms with Gasteiger partial charge in [0.25, 0.3) is 0 Å². The van der Waals surface area contributed by atoms with E-state index in [1.165, 1.54) is 12.1 Å². The zero-order chi connectivity index (χ0) is 32.9. The van der Waals surface area contributed by atoms with Gasteiger partial charge in [-0.15, -0.1) is 0 Å². The Balaban J connectivity index is 1.73. The number of hydrogen-bond donors (Lipinski definition) is 0. The van der Waals surface area contributed by atoms with Gasteiger partial charge in [0.05, 0.1) is 17.1 Å². The molecule has 0 aliphatic rings. The topological polar surface area (TPSA) is 70.1 Å². The molecular weight excluding hydrogens is 594 g/mol. The van der Waals surface area contributed by atoms with Gasteiger partial charge in [-0.2, -0.15) is 26.3 Å². The summed E-state index contributed by atoms with van der Waals surface area (Å²) < 4.78 is 80.4. The van der Waals surface area contributed by atoms with Gasteiger partial charge in [-0.1, -0.05) is 77.2 Å². The van der Waals surface area contributed by atoms with Crippen LogP contribution in [0.5, 0.6) is 0 Å². The molecular formula is C33H30F6N6-2. The average molecular weight is 625 g/mol. The van der Waals surface area contributed by atoms with E-state index in [0.29, 0.717) is 17.1 Å². The number of hydrogen-bond acceptors (Lipinski definition) is 4. The number of anilines is 3. The van der Waals surface area contributed by atoms with Crippen molar-refractivity contribution >= 4 is 17.1 Å². The Kier molecular flexibility index (Phi) is 7.83. The van der Waals surface area contributed by atoms with Crippen LogP contribution < -0.4 is 15.1 Å². The Morgan fingerprint density at radius 3 is 1.16 bits per heavy atom. The predicted molar refractivity (Wildman–Crippen MR) is 159 cm³/mol. The van der Waals surface area contributed by atoms with Crippen molar-refractivity contribution in [1.29, 1.82) is 0 Å². The molecule has 0 aliphatic carbocycles. The molecule has 0 unspecified atom stereocenters. The molecule has 0 aliphatic heterocycles. The van der Waals surface area contributed by atoms with Crippen molar-refractivity contribution in [2.45, 2.75) is 64.7 Å². The van der Waals surface area contributed by atoms with Gasteiger partial charge < -0.3 is 25.3 Å². The molecule has 5 rings (SSSR count). The lowest BCUT2D eigenvalue weighted by atomic mass is 9.86. The second-order valence-electron chi connectivity index (χ2n) is 12.8. The molecule has 0 amide bonds. The standard InChI is InChI=1S/C33H30F6N6/c1-30(2,3)19-7-11-21(12-8-19)45(22-13-9-20(10-14-22)31(4,5)6)23-15-24(26-17-28(43-41-26)32(34,35)36)40-25(16-23)27-18-29(44-42-27)33(37,38)39/h7-18H,1-6H3/q-2. The van der Waals surface area contributed by atoms with Crippen molar-refractivity contribution in [2.75, 3.05) is 4.90 Å². The smallest absolute Gasteiger partial charge is 0.431 e. The van der Waals surface area contributed by atoms with Crippen LogP contribution in [0.1, 0.15) is 64.1 Å². The third-order valence-corrected chi connectivity index (χ3v) is 7.23. The predicted octanol–water partition coefficient (Wildman–Crippen LogP) is 9.22. The van der Waals surface area contributed by atoms with Crippen LogP contribution in [0.2, 0.25) is 0 Å². The molecule has 12 heteroatoms. The summed E-state index contributed by atoms with van der Waals surface area (Å²) in [6, 6.07) is 20.1. The van der Waals surface area contributed by atoms with Crippen molar-refractivity contribution in [1.82, 2.24) is 25.4 Å². The molecule has 3 heterocycles. The normalized spacial score (nSPS) is 12.9. The first-order chi connectivity index (χ1) is 20.8. The lowest BCUT2D eigenvalue weighted by Crippen LogP contribution is -2.14. The molecule has 6 nitrogen and oxygen atoms in total. The van der Waals surface area contributed by atoms with Crippen molar-refractivity contribution in [3.05, 3.63) is 95.3 Å². The molecule has 0 atom stereocenters. The molecule has 0 bridgehead atoms. The van der Waals surface area contributed by atoms with Crippen LogP contribution in [0, 0.1) is 0 Å². The first kappa shape index (κ1) is 31.8. The van der Waals surface area contributed by atoms with Gasteiger partial charge in [0.1, 0.15) is 11.4 Å². The Hall–Kier alpha value is -4.61. The monoisotopic (exact) mass is 624 g/mol. The van der Waals surface area contributed by atoms with E-state index in [2.05, 4.69) is 66.9 Å². The summed E-state index contributed by atoms with van der Waals surface area (Å²) in [5, 5.41) is 13.9. The van der Waals surface area contributed by atoms with Gasteiger partial charge in [-0.05, 0) is 70.5 Å². The number of rotatable bonds is 5. The Morgan fingerprint density at radius 1 is 0.511 bits per heavy atom. The summed E-state index contributed by atoms with van der Waals surface area (Å²) in [4.78, 5) is 6.20. The van der Waals surface area contributed by atoms with Gasteiger partial charge in [0, 0.05) is 11.4 Å². The molecule has 5 aromatic rings. The van der Waals surface area contributed by atoms with Crippen LogP contribution in [0.15, 0.2) is 72.8 Å². The van der Waals surface area contributed by atoms with Crippen LogP contribution in [-0.2, 0) is 23.2 Å². The quantitative estimate of drug-likeness (QED) is 0.182. The van der Waals surface area contributed by atoms with Gasteiger partial charge in [-0.3, -0.25) is 4.98 Å². The second kappa shape index (κ2) is 11.1. The third-order valence-electron chi connectivity index (χ3n) is 7.23. The summed E-state index contributed by atoms with van der Waals surface area (Å²) >= 11 is 0. The molecule has 0 N–H and O–H groups in total. The molecule has 2 aromatic carbocycles. The van der Waals surface area contributed by atoms with Crippen molar-refractivity contribution in [3.63, 3.8) is 0 Å². The number of benzene rings is 2. The molecule has 236 valence electrons. The molecule has 3 aromatic heterocycles. The maximum atomic E-state index is 13.4. The molecule has 0 fully saturated rings. The highest BCUT2D eigenvalue weighted by atomic mass is 19.4. The highest BCUT2D eigenvalue weighted by Gasteiger charge is 2.32. The second-order valence-corrected chi connectivity index (χ2v) is 12.8. The van der Waals surface area contributed by atoms with Crippen LogP contribution in [0.3, 0.4) is 0 Å². The van der Waals surface area contributed by atoms with Crippen molar-refractivity contribution in [3.8, 4) is 22.8 Å². The largest absolute Gasteiger partial charge is 0.573 e. The first-order valence-corrected chi connectivity index (χ1v) is 14.0. The van der Waals surface area contributed by atoms with Gasteiger partial charge in [-0.25, -0.2) is 0 Å². The van der Waals surface area contributed by atoms with E-state index in [9.17, 15) is 26.3 Å². The Morgan fingerprint density at radius 2 is 0.867 bits per heavy atom. The molecule has 0 saturated heterocycles. The molecule has 0 saturated carbocycles. The minimum atomic E-state index is -4.75. The molecule has 0 spiro atoms. The van der Waals surface area contributed by atoms with Crippen LogP contribution in [0.4, 0.5) is 43.4 Å². The summed E-state index contributed by atoms with van der Waals surface area (Å²) in [6.45, 7) is 12.5. The fraction of sp³-hybridized carbons (Fsp3) is 0.303. The number of nitrogens with zero attached hydrogens (tertiary/aromatic N) is 6. The average Bonchev–Trinajstić information content (AvgIpc) is 3.64. The van der Waals surface area contributed by atoms with E-state index in [1.807, 2.05) is 53.4 Å². The molecule has 0 radical (unpaired) electrons. The maximum Gasteiger partial charge on any atom is 0.431 e. The van der Waals surface area contributed by atoms with E-state index in [4.69, 9.17) is 0 Å². The molecule has 45 heavy (non-hydrogen) atoms. The van der Waals surface area contributed by atoms with Crippen molar-refractivity contribution in [2.24, 2.45) is 0 Å². The zero-order valence-electron chi connectivity index (χ0n) is 25.4. The van der Waals surface area contributed by atoms with Crippen LogP contribution in [0.25, 0.3) is 22.8 Å². The van der Waals surface area contributed by atoms with Gasteiger partial charge >= 0.3 is 12.4 Å². The lowest BCUT2D eigenvalue weighted by molar-refractivity contribution is -0.142. The van der Waals surface area contributed by atoms with Crippen molar-refractivity contribution < 1.29 is 26.3 Å². The summed E-state index contributed by atoms with van der Waals surface area (Å²) in [5.74, 6) is 0. The fourth-order valence-corrected chi connectivity index (χ4v) is 4.69. The fourth-order valence-electron chi connectivity index (χ4n) is 4.69. The van der Waals surface area contributed by atoms with E-state index in [1.54, 1.807) is 0 Å². The summed E-state index contributed by atoms with van der Waals surface area (Å²) in [5.41, 5.74) is 0.767. The highest BCUT2D eigenvalue weighted by molar-refractivity contribution is 5.81. The Bertz CT molecular complexity index is 1660. The van der Waals surface area contributed by atoms with E-state index >= 15 is 0 Å². The van der Waals surface area contributed by atoms with Gasteiger partial charge in [0.2, 0.25) is 0 Å². The number of halogens is 6. The van der Waals surface area contributed by atoms with Gasteiger partial charge in [0.15, 0.2) is 0 Å². The summed E-state index contributed by atoms with van der Waals surface area (Å²) in [6.07, 6.45) is -9.50. The maximum absolute atomic E-state index is 13.4. The zero-order valence-corrected chi connectivity index (χ0v) is 25.4. The third kappa shape index (κ3) is 6.89.